The summed E-state index contributed by atoms with van der Waals surface area (Å²) in [4.78, 5) is 11.2. The predicted molar refractivity (Wildman–Crippen MR) is 59.3 cm³/mol. The Morgan fingerprint density at radius 2 is 2.29 bits per heavy atom. The number of benzene rings is 1. The molecular weight excluding hydrogens is 199 g/mol. The van der Waals surface area contributed by atoms with E-state index in [9.17, 15) is 9.18 Å². The van der Waals surface area contributed by atoms with Gasteiger partial charge in [0.25, 0.3) is 0 Å². The molecule has 1 rings (SSSR count). The maximum absolute atomic E-state index is 12.8. The van der Waals surface area contributed by atoms with Gasteiger partial charge >= 0.3 is 0 Å². The Kier molecular flexibility index (Phi) is 3.89. The number of hydrogen-bond acceptors (Lipinski definition) is 2. The third-order valence-corrected chi connectivity index (χ3v) is 2.01. The summed E-state index contributed by atoms with van der Waals surface area (Å²) < 4.78 is 12.8. The van der Waals surface area contributed by atoms with Crippen molar-refractivity contribution in [1.29, 1.82) is 0 Å². The molecule has 0 N–H and O–H groups in total. The summed E-state index contributed by atoms with van der Waals surface area (Å²) in [6, 6.07) is 4.18. The second-order valence-electron chi connectivity index (χ2n) is 2.87. The molecule has 0 spiro atoms. The molecule has 0 saturated heterocycles. The molecule has 0 aliphatic rings. The van der Waals surface area contributed by atoms with E-state index >= 15 is 0 Å². The molecule has 0 radical (unpaired) electrons. The van der Waals surface area contributed by atoms with E-state index in [1.54, 1.807) is 12.1 Å². The molecule has 0 saturated carbocycles. The van der Waals surface area contributed by atoms with E-state index in [4.69, 9.17) is 0 Å². The van der Waals surface area contributed by atoms with Crippen LogP contribution < -0.4 is 0 Å². The summed E-state index contributed by atoms with van der Waals surface area (Å²) in [5, 5.41) is 0. The molecule has 0 aliphatic heterocycles. The molecule has 0 amide bonds. The second-order valence-corrected chi connectivity index (χ2v) is 3.24. The number of rotatable bonds is 3. The summed E-state index contributed by atoms with van der Waals surface area (Å²) >= 11 is 4.01. The van der Waals surface area contributed by atoms with Crippen LogP contribution in [0.2, 0.25) is 0 Å². The normalized spacial score (nSPS) is 10.8. The summed E-state index contributed by atoms with van der Waals surface area (Å²) in [5.74, 6) is 0.0656. The van der Waals surface area contributed by atoms with Crippen molar-refractivity contribution in [3.63, 3.8) is 0 Å². The van der Waals surface area contributed by atoms with Crippen LogP contribution in [-0.4, -0.2) is 11.5 Å². The van der Waals surface area contributed by atoms with Gasteiger partial charge in [-0.15, -0.1) is 0 Å². The van der Waals surface area contributed by atoms with Gasteiger partial charge in [0.15, 0.2) is 5.78 Å². The zero-order chi connectivity index (χ0) is 10.6. The lowest BCUT2D eigenvalue weighted by molar-refractivity contribution is 0.101. The van der Waals surface area contributed by atoms with E-state index in [-0.39, 0.29) is 5.78 Å². The van der Waals surface area contributed by atoms with Gasteiger partial charge < -0.3 is 0 Å². The Labute approximate surface area is 88.0 Å². The van der Waals surface area contributed by atoms with Gasteiger partial charge in [0.05, 0.1) is 0 Å². The van der Waals surface area contributed by atoms with Crippen molar-refractivity contribution in [3.8, 4) is 0 Å². The predicted octanol–water partition coefficient (Wildman–Crippen LogP) is 2.97. The highest BCUT2D eigenvalue weighted by Gasteiger charge is 2.05. The zero-order valence-corrected chi connectivity index (χ0v) is 8.72. The number of hydrogen-bond donors (Lipinski definition) is 1. The largest absolute Gasteiger partial charge is 0.294 e. The van der Waals surface area contributed by atoms with Crippen LogP contribution in [-0.2, 0) is 0 Å². The highest BCUT2D eigenvalue weighted by Crippen LogP contribution is 2.13. The molecule has 74 valence electrons. The Hall–Kier alpha value is -1.09. The van der Waals surface area contributed by atoms with Crippen LogP contribution in [0.1, 0.15) is 22.8 Å². The third-order valence-electron chi connectivity index (χ3n) is 1.80. The fourth-order valence-electron chi connectivity index (χ4n) is 1.16. The van der Waals surface area contributed by atoms with Crippen molar-refractivity contribution >= 4 is 24.5 Å². The molecule has 0 heterocycles. The molecule has 1 aromatic rings. The van der Waals surface area contributed by atoms with Crippen LogP contribution in [0.3, 0.4) is 0 Å². The first-order chi connectivity index (χ1) is 6.65. The second kappa shape index (κ2) is 4.96. The van der Waals surface area contributed by atoms with Gasteiger partial charge in [0.2, 0.25) is 0 Å². The molecule has 0 fully saturated rings. The first-order valence-corrected chi connectivity index (χ1v) is 4.86. The van der Waals surface area contributed by atoms with Gasteiger partial charge in [0.1, 0.15) is 5.82 Å². The lowest BCUT2D eigenvalue weighted by Crippen LogP contribution is -1.96. The fourth-order valence-corrected chi connectivity index (χ4v) is 1.26. The van der Waals surface area contributed by atoms with E-state index in [2.05, 4.69) is 12.6 Å². The standard InChI is InChI=1S/C11H11FOS/c1-8(13)11-7-10(12)5-4-9(11)3-2-6-14/h2-5,7,14H,6H2,1H3. The summed E-state index contributed by atoms with van der Waals surface area (Å²) in [5.41, 5.74) is 1.14. The van der Waals surface area contributed by atoms with E-state index in [0.29, 0.717) is 11.3 Å². The Morgan fingerprint density at radius 3 is 2.86 bits per heavy atom. The minimum Gasteiger partial charge on any atom is -0.294 e. The number of ketones is 1. The summed E-state index contributed by atoms with van der Waals surface area (Å²) in [6.45, 7) is 1.42. The number of Topliss-reactive ketones (excluding diaryl/α,β-unsaturated/α-hetero) is 1. The zero-order valence-electron chi connectivity index (χ0n) is 7.83. The van der Waals surface area contributed by atoms with Gasteiger partial charge in [-0.1, -0.05) is 18.2 Å². The molecule has 0 atom stereocenters. The van der Waals surface area contributed by atoms with Crippen molar-refractivity contribution in [2.75, 3.05) is 5.75 Å². The SMILES string of the molecule is CC(=O)c1cc(F)ccc1C=CCS. The van der Waals surface area contributed by atoms with Gasteiger partial charge in [-0.3, -0.25) is 4.79 Å². The van der Waals surface area contributed by atoms with E-state index < -0.39 is 5.82 Å². The molecule has 0 aliphatic carbocycles. The van der Waals surface area contributed by atoms with E-state index in [0.717, 1.165) is 5.56 Å². The molecule has 3 heteroatoms. The Bertz CT molecular complexity index is 372. The molecule has 14 heavy (non-hydrogen) atoms. The average Bonchev–Trinajstić information content (AvgIpc) is 2.15. The van der Waals surface area contributed by atoms with Crippen molar-refractivity contribution in [3.05, 3.63) is 41.2 Å². The monoisotopic (exact) mass is 210 g/mol. The van der Waals surface area contributed by atoms with Gasteiger partial charge in [-0.05, 0) is 24.6 Å². The quantitative estimate of drug-likeness (QED) is 0.599. The Balaban J connectivity index is 3.15. The topological polar surface area (TPSA) is 17.1 Å². The van der Waals surface area contributed by atoms with Crippen molar-refractivity contribution in [2.45, 2.75) is 6.92 Å². The first-order valence-electron chi connectivity index (χ1n) is 4.23. The van der Waals surface area contributed by atoms with E-state index in [1.165, 1.54) is 19.1 Å². The average molecular weight is 210 g/mol. The fraction of sp³-hybridized carbons (Fsp3) is 0.182. The highest BCUT2D eigenvalue weighted by atomic mass is 32.1. The molecule has 1 nitrogen and oxygen atoms in total. The van der Waals surface area contributed by atoms with Crippen LogP contribution in [0, 0.1) is 5.82 Å². The van der Waals surface area contributed by atoms with Crippen LogP contribution in [0.4, 0.5) is 4.39 Å². The number of halogens is 1. The van der Waals surface area contributed by atoms with Crippen molar-refractivity contribution in [2.24, 2.45) is 0 Å². The van der Waals surface area contributed by atoms with Crippen molar-refractivity contribution < 1.29 is 9.18 Å². The molecule has 0 unspecified atom stereocenters. The number of thiol groups is 1. The summed E-state index contributed by atoms with van der Waals surface area (Å²) in [7, 11) is 0. The Morgan fingerprint density at radius 1 is 1.57 bits per heavy atom. The minimum absolute atomic E-state index is 0.136. The maximum Gasteiger partial charge on any atom is 0.160 e. The molecule has 0 bridgehead atoms. The van der Waals surface area contributed by atoms with Crippen LogP contribution in [0.5, 0.6) is 0 Å². The van der Waals surface area contributed by atoms with Crippen molar-refractivity contribution in [1.82, 2.24) is 0 Å². The smallest absolute Gasteiger partial charge is 0.160 e. The van der Waals surface area contributed by atoms with Crippen LogP contribution in [0.25, 0.3) is 6.08 Å². The molecule has 1 aromatic carbocycles. The van der Waals surface area contributed by atoms with Crippen LogP contribution >= 0.6 is 12.6 Å². The van der Waals surface area contributed by atoms with E-state index in [1.807, 2.05) is 6.08 Å². The highest BCUT2D eigenvalue weighted by molar-refractivity contribution is 7.80. The number of carbonyl (C=O) groups excluding carboxylic acids is 1. The van der Waals surface area contributed by atoms with Gasteiger partial charge in [-0.2, -0.15) is 12.6 Å². The maximum atomic E-state index is 12.8. The molecule has 0 aromatic heterocycles. The summed E-state index contributed by atoms with van der Waals surface area (Å²) in [6.07, 6.45) is 3.58. The van der Waals surface area contributed by atoms with Crippen LogP contribution in [0.15, 0.2) is 24.3 Å². The molecular formula is C11H11FOS. The first kappa shape index (κ1) is 11.0. The lowest BCUT2D eigenvalue weighted by atomic mass is 10.0. The van der Waals surface area contributed by atoms with Gasteiger partial charge in [0, 0.05) is 11.3 Å². The lowest BCUT2D eigenvalue weighted by Gasteiger charge is -2.01. The van der Waals surface area contributed by atoms with Gasteiger partial charge in [-0.25, -0.2) is 4.39 Å². The third kappa shape index (κ3) is 2.70. The minimum atomic E-state index is -0.391. The number of carbonyl (C=O) groups is 1.